The van der Waals surface area contributed by atoms with E-state index in [0.717, 1.165) is 6.42 Å². The van der Waals surface area contributed by atoms with Gasteiger partial charge in [0.15, 0.2) is 0 Å². The van der Waals surface area contributed by atoms with Crippen molar-refractivity contribution >= 4 is 5.91 Å². The molecule has 24 heavy (non-hydrogen) atoms. The Hall–Kier alpha value is -1.79. The van der Waals surface area contributed by atoms with E-state index in [0.29, 0.717) is 29.6 Å². The minimum atomic E-state index is -0.901. The summed E-state index contributed by atoms with van der Waals surface area (Å²) in [5.74, 6) is 1.43. The topological polar surface area (TPSA) is 77.0 Å². The van der Waals surface area contributed by atoms with Crippen LogP contribution in [0.2, 0.25) is 0 Å². The number of ether oxygens (including phenoxy) is 3. The first kappa shape index (κ1) is 20.3. The molecule has 2 N–H and O–H groups in total. The van der Waals surface area contributed by atoms with Crippen molar-refractivity contribution in [3.05, 3.63) is 23.8 Å². The lowest BCUT2D eigenvalue weighted by atomic mass is 10.1. The molecule has 6 heteroatoms. The highest BCUT2D eigenvalue weighted by Gasteiger charge is 2.18. The molecular weight excluding hydrogens is 310 g/mol. The number of carbonyl (C=O) groups excluding carboxylic acids is 1. The number of aliphatic hydroxyl groups is 1. The number of aliphatic hydroxyl groups excluding tert-OH is 1. The molecule has 1 aromatic rings. The molecule has 1 amide bonds. The van der Waals surface area contributed by atoms with Crippen molar-refractivity contribution in [2.24, 2.45) is 5.92 Å². The minimum absolute atomic E-state index is 0.0697. The van der Waals surface area contributed by atoms with Crippen LogP contribution in [0.5, 0.6) is 11.5 Å². The molecule has 1 aromatic carbocycles. The van der Waals surface area contributed by atoms with E-state index in [-0.39, 0.29) is 12.5 Å². The number of hydrogen-bond donors (Lipinski definition) is 2. The van der Waals surface area contributed by atoms with Crippen LogP contribution in [0, 0.1) is 5.92 Å². The highest BCUT2D eigenvalue weighted by atomic mass is 16.5. The van der Waals surface area contributed by atoms with Gasteiger partial charge in [-0.25, -0.2) is 0 Å². The molecule has 1 rings (SSSR count). The van der Waals surface area contributed by atoms with Gasteiger partial charge in [0, 0.05) is 18.7 Å². The Morgan fingerprint density at radius 3 is 2.50 bits per heavy atom. The Kier molecular flexibility index (Phi) is 8.57. The molecular formula is C18H29NO5. The van der Waals surface area contributed by atoms with E-state index >= 15 is 0 Å². The summed E-state index contributed by atoms with van der Waals surface area (Å²) in [6.45, 7) is 6.52. The smallest absolute Gasteiger partial charge is 0.248 e. The van der Waals surface area contributed by atoms with Gasteiger partial charge in [-0.2, -0.15) is 0 Å². The molecule has 0 aliphatic carbocycles. The molecule has 2 unspecified atom stereocenters. The summed E-state index contributed by atoms with van der Waals surface area (Å²) in [5.41, 5.74) is 0.561. The van der Waals surface area contributed by atoms with Crippen LogP contribution in [0.4, 0.5) is 0 Å². The van der Waals surface area contributed by atoms with E-state index < -0.39 is 12.2 Å². The summed E-state index contributed by atoms with van der Waals surface area (Å²) < 4.78 is 15.9. The molecule has 0 saturated carbocycles. The lowest BCUT2D eigenvalue weighted by Crippen LogP contribution is -2.37. The van der Waals surface area contributed by atoms with Crippen LogP contribution in [0.15, 0.2) is 18.2 Å². The fourth-order valence-electron chi connectivity index (χ4n) is 2.11. The second kappa shape index (κ2) is 10.2. The van der Waals surface area contributed by atoms with Crippen LogP contribution >= 0.6 is 0 Å². The monoisotopic (exact) mass is 339 g/mol. The predicted molar refractivity (Wildman–Crippen MR) is 92.4 cm³/mol. The van der Waals surface area contributed by atoms with Gasteiger partial charge in [-0.3, -0.25) is 4.79 Å². The Morgan fingerprint density at radius 2 is 1.92 bits per heavy atom. The lowest BCUT2D eigenvalue weighted by Gasteiger charge is -2.18. The quantitative estimate of drug-likeness (QED) is 0.684. The zero-order valence-electron chi connectivity index (χ0n) is 15.2. The van der Waals surface area contributed by atoms with Crippen molar-refractivity contribution in [3.63, 3.8) is 0 Å². The van der Waals surface area contributed by atoms with Crippen LogP contribution in [0.3, 0.4) is 0 Å². The van der Waals surface area contributed by atoms with Gasteiger partial charge in [-0.15, -0.1) is 0 Å². The van der Waals surface area contributed by atoms with Gasteiger partial charge in [0.1, 0.15) is 17.6 Å². The molecule has 136 valence electrons. The number of methoxy groups -OCH3 is 2. The summed E-state index contributed by atoms with van der Waals surface area (Å²) in [7, 11) is 3.08. The first-order valence-electron chi connectivity index (χ1n) is 8.18. The summed E-state index contributed by atoms with van der Waals surface area (Å²) in [6.07, 6.45) is -0.550. The fourth-order valence-corrected chi connectivity index (χ4v) is 2.11. The molecule has 0 bridgehead atoms. The normalized spacial score (nSPS) is 13.5. The van der Waals surface area contributed by atoms with Gasteiger partial charge in [0.2, 0.25) is 5.91 Å². The van der Waals surface area contributed by atoms with Gasteiger partial charge in [0.05, 0.1) is 20.3 Å². The van der Waals surface area contributed by atoms with Crippen molar-refractivity contribution in [1.29, 1.82) is 0 Å². The van der Waals surface area contributed by atoms with E-state index in [9.17, 15) is 9.90 Å². The SMILES string of the molecule is COc1ccc(OC)c(C(O)CNC(=O)C(C)OCCC(C)C)c1. The van der Waals surface area contributed by atoms with Crippen molar-refractivity contribution < 1.29 is 24.1 Å². The summed E-state index contributed by atoms with van der Waals surface area (Å²) in [5, 5.41) is 13.0. The second-order valence-electron chi connectivity index (χ2n) is 6.06. The van der Waals surface area contributed by atoms with E-state index in [1.807, 2.05) is 0 Å². The Morgan fingerprint density at radius 1 is 1.21 bits per heavy atom. The van der Waals surface area contributed by atoms with Crippen LogP contribution in [0.1, 0.15) is 38.9 Å². The third kappa shape index (κ3) is 6.37. The number of rotatable bonds is 10. The molecule has 0 aliphatic rings. The molecule has 0 aliphatic heterocycles. The lowest BCUT2D eigenvalue weighted by molar-refractivity contribution is -0.132. The maximum absolute atomic E-state index is 12.0. The van der Waals surface area contributed by atoms with Crippen LogP contribution < -0.4 is 14.8 Å². The van der Waals surface area contributed by atoms with E-state index in [4.69, 9.17) is 14.2 Å². The third-order valence-corrected chi connectivity index (χ3v) is 3.70. The van der Waals surface area contributed by atoms with E-state index in [2.05, 4.69) is 19.2 Å². The summed E-state index contributed by atoms with van der Waals surface area (Å²) >= 11 is 0. The van der Waals surface area contributed by atoms with Crippen LogP contribution in [0.25, 0.3) is 0 Å². The number of amides is 1. The van der Waals surface area contributed by atoms with Crippen molar-refractivity contribution in [2.45, 2.75) is 39.4 Å². The van der Waals surface area contributed by atoms with Crippen molar-refractivity contribution in [1.82, 2.24) is 5.32 Å². The maximum atomic E-state index is 12.0. The van der Waals surface area contributed by atoms with Gasteiger partial charge in [-0.1, -0.05) is 13.8 Å². The minimum Gasteiger partial charge on any atom is -0.497 e. The third-order valence-electron chi connectivity index (χ3n) is 3.70. The molecule has 0 fully saturated rings. The average Bonchev–Trinajstić information content (AvgIpc) is 2.58. The first-order valence-corrected chi connectivity index (χ1v) is 8.18. The van der Waals surface area contributed by atoms with Gasteiger partial charge < -0.3 is 24.6 Å². The Bertz CT molecular complexity index is 518. The summed E-state index contributed by atoms with van der Waals surface area (Å²) in [4.78, 5) is 12.0. The predicted octanol–water partition coefficient (Wildman–Crippen LogP) is 2.30. The zero-order chi connectivity index (χ0) is 18.1. The van der Waals surface area contributed by atoms with Crippen molar-refractivity contribution in [2.75, 3.05) is 27.4 Å². The number of carbonyl (C=O) groups is 1. The van der Waals surface area contributed by atoms with E-state index in [1.54, 1.807) is 32.2 Å². The average molecular weight is 339 g/mol. The molecule has 2 atom stereocenters. The highest BCUT2D eigenvalue weighted by molar-refractivity contribution is 5.80. The summed E-state index contributed by atoms with van der Waals surface area (Å²) in [6, 6.07) is 5.16. The van der Waals surface area contributed by atoms with Crippen LogP contribution in [-0.2, 0) is 9.53 Å². The second-order valence-corrected chi connectivity index (χ2v) is 6.06. The molecule has 6 nitrogen and oxygen atoms in total. The number of nitrogens with one attached hydrogen (secondary N) is 1. The zero-order valence-corrected chi connectivity index (χ0v) is 15.2. The maximum Gasteiger partial charge on any atom is 0.248 e. The largest absolute Gasteiger partial charge is 0.497 e. The van der Waals surface area contributed by atoms with E-state index in [1.165, 1.54) is 7.11 Å². The standard InChI is InChI=1S/C18H29NO5/c1-12(2)8-9-24-13(3)18(21)19-11-16(20)15-10-14(22-4)6-7-17(15)23-5/h6-7,10,12-13,16,20H,8-9,11H2,1-5H3,(H,19,21). The molecule has 0 saturated heterocycles. The van der Waals surface area contributed by atoms with Gasteiger partial charge >= 0.3 is 0 Å². The Balaban J connectivity index is 2.56. The molecule has 0 heterocycles. The molecule has 0 spiro atoms. The van der Waals surface area contributed by atoms with Crippen molar-refractivity contribution in [3.8, 4) is 11.5 Å². The first-order chi connectivity index (χ1) is 11.4. The number of benzene rings is 1. The highest BCUT2D eigenvalue weighted by Crippen LogP contribution is 2.29. The number of hydrogen-bond acceptors (Lipinski definition) is 5. The molecule has 0 radical (unpaired) electrons. The van der Waals surface area contributed by atoms with Crippen LogP contribution in [-0.4, -0.2) is 44.5 Å². The fraction of sp³-hybridized carbons (Fsp3) is 0.611. The molecule has 0 aromatic heterocycles. The van der Waals surface area contributed by atoms with Gasteiger partial charge in [0.25, 0.3) is 0 Å². The van der Waals surface area contributed by atoms with Gasteiger partial charge in [-0.05, 0) is 37.5 Å². The Labute approximate surface area is 144 Å².